The van der Waals surface area contributed by atoms with Gasteiger partial charge in [0, 0.05) is 0 Å². The molecule has 0 spiro atoms. The Morgan fingerprint density at radius 3 is 2.74 bits per heavy atom. The number of halogens is 1. The van der Waals surface area contributed by atoms with Gasteiger partial charge in [-0.3, -0.25) is 0 Å². The first-order valence-electron chi connectivity index (χ1n) is 10.8. The average molecular weight is 620 g/mol. The van der Waals surface area contributed by atoms with Gasteiger partial charge in [0.1, 0.15) is 0 Å². The molecule has 0 fully saturated rings. The fourth-order valence-electron chi connectivity index (χ4n) is 4.14. The van der Waals surface area contributed by atoms with E-state index in [4.69, 9.17) is 10.7 Å². The normalized spacial score (nSPS) is 16.1. The molecule has 35 heavy (non-hydrogen) atoms. The Morgan fingerprint density at radius 2 is 2.09 bits per heavy atom. The number of aromatic nitrogens is 3. The second-order valence-corrected chi connectivity index (χ2v) is 12.7. The van der Waals surface area contributed by atoms with Crippen molar-refractivity contribution in [1.29, 1.82) is 0 Å². The van der Waals surface area contributed by atoms with Crippen LogP contribution in [0.3, 0.4) is 0 Å². The van der Waals surface area contributed by atoms with E-state index in [1.807, 2.05) is 31.4 Å². The summed E-state index contributed by atoms with van der Waals surface area (Å²) in [7, 11) is -3.68. The number of thiophene rings is 1. The van der Waals surface area contributed by atoms with Gasteiger partial charge in [0.25, 0.3) is 0 Å². The molecule has 2 aromatic heterocycles. The summed E-state index contributed by atoms with van der Waals surface area (Å²) in [6.07, 6.45) is 0.563. The third-order valence-corrected chi connectivity index (χ3v) is 9.59. The van der Waals surface area contributed by atoms with Gasteiger partial charge in [-0.2, -0.15) is 0 Å². The molecule has 4 rings (SSSR count). The van der Waals surface area contributed by atoms with Crippen LogP contribution in [0.25, 0.3) is 5.00 Å². The number of hydrogen-bond donors (Lipinski definition) is 1. The summed E-state index contributed by atoms with van der Waals surface area (Å²) in [5.41, 5.74) is 9.64. The van der Waals surface area contributed by atoms with Crippen molar-refractivity contribution in [2.24, 2.45) is 10.9 Å². The zero-order chi connectivity index (χ0) is 25.5. The molecule has 1 aliphatic heterocycles. The summed E-state index contributed by atoms with van der Waals surface area (Å²) in [6, 6.07) is 6.49. The number of aryl methyl sites for hydroxylation is 2. The molecule has 0 bridgehead atoms. The molecule has 0 saturated carbocycles. The van der Waals surface area contributed by atoms with Crippen molar-refractivity contribution in [2.75, 3.05) is 4.72 Å². The van der Waals surface area contributed by atoms with Gasteiger partial charge in [-0.25, -0.2) is 0 Å². The van der Waals surface area contributed by atoms with Crippen LogP contribution in [0.1, 0.15) is 52.6 Å². The van der Waals surface area contributed by atoms with Crippen molar-refractivity contribution in [3.8, 4) is 5.00 Å². The van der Waals surface area contributed by atoms with E-state index in [0.717, 1.165) is 32.0 Å². The molecule has 1 N–H and O–H groups in total. The summed E-state index contributed by atoms with van der Waals surface area (Å²) in [5.74, 6) is 0.894. The third-order valence-electron chi connectivity index (χ3n) is 6.02. The predicted molar refractivity (Wildman–Crippen MR) is 136 cm³/mol. The van der Waals surface area contributed by atoms with E-state index in [-0.39, 0.29) is 3.79 Å². The minimum absolute atomic E-state index is 0.0113. The first kappa shape index (κ1) is 25.8. The Balaban J connectivity index is 2.00. The standard InChI is InChI=1S/C23H24BIN5O3S2/c1-6-17(21(31)25-24)20-22-28-27-14(5)30(22)23-18(12(3)13(4)34-23)19(26-20)15-9-8-10-16(11-15)29-35(32,33)7-2/h7-11,17,20,29H,2,6H2,1,3-5H3/q-1. The van der Waals surface area contributed by atoms with Crippen molar-refractivity contribution < 1.29 is 34.2 Å². The van der Waals surface area contributed by atoms with E-state index in [1.165, 1.54) is 0 Å². The molecule has 12 heteroatoms. The quantitative estimate of drug-likeness (QED) is 0.228. The molecule has 0 saturated heterocycles. The third kappa shape index (κ3) is 4.75. The number of anilines is 1. The van der Waals surface area contributed by atoms with Gasteiger partial charge in [-0.1, -0.05) is 0 Å². The summed E-state index contributed by atoms with van der Waals surface area (Å²) in [5, 5.41) is 10.6. The first-order chi connectivity index (χ1) is 16.6. The number of nitrogens with zero attached hydrogens (tertiary/aromatic N) is 4. The number of aliphatic imine (C=N–C) groups is 1. The van der Waals surface area contributed by atoms with Crippen molar-refractivity contribution in [3.05, 3.63) is 69.5 Å². The van der Waals surface area contributed by atoms with Crippen LogP contribution < -0.4 is 25.7 Å². The molecule has 2 atom stereocenters. The van der Waals surface area contributed by atoms with Crippen LogP contribution in [0, 0.1) is 26.7 Å². The maximum atomic E-state index is 12.9. The summed E-state index contributed by atoms with van der Waals surface area (Å²) >= 11 is 0.495. The molecule has 0 aliphatic carbocycles. The number of sulfonamides is 1. The van der Waals surface area contributed by atoms with Crippen LogP contribution in [0.4, 0.5) is 5.69 Å². The molecule has 0 amide bonds. The summed E-state index contributed by atoms with van der Waals surface area (Å²) in [6.45, 7) is 11.3. The second kappa shape index (κ2) is 9.98. The van der Waals surface area contributed by atoms with E-state index >= 15 is 0 Å². The molecule has 3 aromatic rings. The topological polar surface area (TPSA) is 106 Å². The van der Waals surface area contributed by atoms with Gasteiger partial charge >= 0.3 is 221 Å². The Morgan fingerprint density at radius 1 is 1.34 bits per heavy atom. The van der Waals surface area contributed by atoms with Gasteiger partial charge in [-0.15, -0.1) is 0 Å². The Kier molecular flexibility index (Phi) is 7.34. The Labute approximate surface area is 220 Å². The number of carbonyl (C=O) groups excluding carboxylic acids is 1. The molecule has 8 nitrogen and oxygen atoms in total. The van der Waals surface area contributed by atoms with Gasteiger partial charge in [0.05, 0.1) is 0 Å². The summed E-state index contributed by atoms with van der Waals surface area (Å²) < 4.78 is 28.7. The van der Waals surface area contributed by atoms with Crippen molar-refractivity contribution in [2.45, 2.75) is 40.2 Å². The van der Waals surface area contributed by atoms with E-state index in [1.54, 1.807) is 29.5 Å². The fraction of sp³-hybridized carbons (Fsp3) is 0.304. The zero-order valence-electron chi connectivity index (χ0n) is 19.7. The SMILES string of the molecule is [B][I-]C(=O)C(CC)C1N=C(c2cccc(NS(=O)(=O)C=C)c2)c2c(sc(C)c2C)-n2c(C)nnc21. The number of rotatable bonds is 8. The van der Waals surface area contributed by atoms with Crippen molar-refractivity contribution in [3.63, 3.8) is 0 Å². The van der Waals surface area contributed by atoms with Crippen LogP contribution in [0.5, 0.6) is 0 Å². The predicted octanol–water partition coefficient (Wildman–Crippen LogP) is 0.757. The van der Waals surface area contributed by atoms with Crippen LogP contribution in [-0.4, -0.2) is 38.4 Å². The number of carbonyl (C=O) groups is 1. The molecular formula is C23H24BIN5O3S2-. The van der Waals surface area contributed by atoms with Gasteiger partial charge in [0.2, 0.25) is 0 Å². The zero-order valence-corrected chi connectivity index (χ0v) is 23.5. The maximum absolute atomic E-state index is 12.9. The van der Waals surface area contributed by atoms with Crippen molar-refractivity contribution >= 4 is 42.3 Å². The number of hydrogen-bond acceptors (Lipinski definition) is 7. The van der Waals surface area contributed by atoms with E-state index < -0.39 is 43.0 Å². The molecule has 3 heterocycles. The van der Waals surface area contributed by atoms with Crippen LogP contribution >= 0.6 is 11.3 Å². The van der Waals surface area contributed by atoms with E-state index in [0.29, 0.717) is 29.5 Å². The second-order valence-electron chi connectivity index (χ2n) is 8.15. The molecule has 2 radical (unpaired) electrons. The summed E-state index contributed by atoms with van der Waals surface area (Å²) in [4.78, 5) is 19.2. The number of benzene rings is 1. The molecule has 1 aliphatic rings. The van der Waals surface area contributed by atoms with Gasteiger partial charge in [0.15, 0.2) is 0 Å². The van der Waals surface area contributed by atoms with Crippen LogP contribution in [-0.2, 0) is 14.8 Å². The number of nitrogens with one attached hydrogen (secondary N) is 1. The van der Waals surface area contributed by atoms with Crippen LogP contribution in [0.2, 0.25) is 0 Å². The molecular weight excluding hydrogens is 596 g/mol. The average Bonchev–Trinajstić information content (AvgIpc) is 3.30. The molecule has 182 valence electrons. The van der Waals surface area contributed by atoms with E-state index in [9.17, 15) is 13.2 Å². The van der Waals surface area contributed by atoms with Gasteiger partial charge < -0.3 is 0 Å². The molecule has 1 aromatic carbocycles. The minimum atomic E-state index is -3.68. The fourth-order valence-corrected chi connectivity index (χ4v) is 7.14. The monoisotopic (exact) mass is 620 g/mol. The first-order valence-corrected chi connectivity index (χ1v) is 15.5. The van der Waals surface area contributed by atoms with E-state index in [2.05, 4.69) is 28.4 Å². The Bertz CT molecular complexity index is 1460. The Hall–Kier alpha value is -2.32. The van der Waals surface area contributed by atoms with Crippen molar-refractivity contribution in [1.82, 2.24) is 14.8 Å². The number of fused-ring (bicyclic) bond motifs is 3. The molecule has 2 unspecified atom stereocenters. The van der Waals surface area contributed by atoms with Crippen LogP contribution in [0.15, 0.2) is 41.2 Å². The van der Waals surface area contributed by atoms with Gasteiger partial charge in [-0.05, 0) is 0 Å².